The smallest absolute Gasteiger partial charge is 0.0672 e. The second-order valence-electron chi connectivity index (χ2n) is 10.7. The minimum Gasteiger partial charge on any atom is -0.313 e. The molecule has 0 N–H and O–H groups in total. The van der Waals surface area contributed by atoms with E-state index < -0.39 is 0 Å². The lowest BCUT2D eigenvalue weighted by Crippen LogP contribution is -2.23. The fourth-order valence-corrected chi connectivity index (χ4v) is 6.48. The largest absolute Gasteiger partial charge is 0.313 e. The lowest BCUT2D eigenvalue weighted by molar-refractivity contribution is 0.665. The molecule has 1 aromatic heterocycles. The molecule has 0 spiro atoms. The normalized spacial score (nSPS) is 19.1. The Morgan fingerprint density at radius 1 is 0.684 bits per heavy atom. The number of para-hydroxylation sites is 1. The van der Waals surface area contributed by atoms with Crippen LogP contribution in [0, 0.1) is 5.92 Å². The zero-order valence-electron chi connectivity index (χ0n) is 21.8. The number of aromatic nitrogens is 1. The fraction of sp³-hybridized carbons (Fsp3) is 0.194. The Labute approximate surface area is 225 Å². The summed E-state index contributed by atoms with van der Waals surface area (Å²) in [4.78, 5) is 5.19. The van der Waals surface area contributed by atoms with Crippen molar-refractivity contribution in [1.82, 2.24) is 4.57 Å². The van der Waals surface area contributed by atoms with Crippen LogP contribution in [0.4, 0.5) is 0 Å². The second kappa shape index (κ2) is 9.61. The van der Waals surface area contributed by atoms with Crippen LogP contribution in [-0.2, 0) is 12.8 Å². The molecule has 2 heterocycles. The third kappa shape index (κ3) is 3.92. The van der Waals surface area contributed by atoms with E-state index >= 15 is 0 Å². The molecule has 38 heavy (non-hydrogen) atoms. The van der Waals surface area contributed by atoms with E-state index in [0.29, 0.717) is 0 Å². The first-order valence-electron chi connectivity index (χ1n) is 13.9. The summed E-state index contributed by atoms with van der Waals surface area (Å²) in [5, 5.41) is 1.42. The van der Waals surface area contributed by atoms with Crippen molar-refractivity contribution in [1.29, 1.82) is 0 Å². The third-order valence-corrected chi connectivity index (χ3v) is 8.40. The second-order valence-corrected chi connectivity index (χ2v) is 10.7. The van der Waals surface area contributed by atoms with Crippen molar-refractivity contribution in [3.05, 3.63) is 143 Å². The zero-order chi connectivity index (χ0) is 25.5. The maximum absolute atomic E-state index is 5.19. The lowest BCUT2D eigenvalue weighted by atomic mass is 9.79. The Morgan fingerprint density at radius 3 is 2.11 bits per heavy atom. The van der Waals surface area contributed by atoms with Crippen molar-refractivity contribution in [3.8, 4) is 5.69 Å². The van der Waals surface area contributed by atoms with Crippen LogP contribution in [0.2, 0.25) is 0 Å². The van der Waals surface area contributed by atoms with Crippen molar-refractivity contribution in [2.24, 2.45) is 10.9 Å². The molecule has 0 saturated heterocycles. The molecule has 0 radical (unpaired) electrons. The van der Waals surface area contributed by atoms with Crippen LogP contribution in [0.5, 0.6) is 0 Å². The summed E-state index contributed by atoms with van der Waals surface area (Å²) in [6.07, 6.45) is 7.28. The molecular formula is C36H32N2. The number of allylic oxidation sites excluding steroid dienone is 1. The molecule has 7 rings (SSSR count). The van der Waals surface area contributed by atoms with Gasteiger partial charge in [0, 0.05) is 28.6 Å². The van der Waals surface area contributed by atoms with E-state index in [1.165, 1.54) is 58.2 Å². The molecule has 2 atom stereocenters. The van der Waals surface area contributed by atoms with Crippen LogP contribution < -0.4 is 0 Å². The number of fused-ring (bicyclic) bond motifs is 3. The monoisotopic (exact) mass is 492 g/mol. The summed E-state index contributed by atoms with van der Waals surface area (Å²) < 4.78 is 2.51. The van der Waals surface area contributed by atoms with Gasteiger partial charge < -0.3 is 4.57 Å². The molecule has 0 fully saturated rings. The minimum absolute atomic E-state index is 0.252. The number of nitrogens with zero attached hydrogens (tertiary/aromatic N) is 2. The summed E-state index contributed by atoms with van der Waals surface area (Å²) in [7, 11) is 0. The Kier molecular flexibility index (Phi) is 5.81. The number of aryl methyl sites for hydroxylation is 1. The molecule has 0 saturated carbocycles. The van der Waals surface area contributed by atoms with Crippen LogP contribution >= 0.6 is 0 Å². The summed E-state index contributed by atoms with van der Waals surface area (Å²) in [5.74, 6) is 0.526. The van der Waals surface area contributed by atoms with E-state index in [2.05, 4.69) is 127 Å². The molecule has 0 bridgehead atoms. The molecule has 2 nitrogen and oxygen atoms in total. The van der Waals surface area contributed by atoms with Crippen molar-refractivity contribution in [2.45, 2.75) is 38.5 Å². The highest BCUT2D eigenvalue weighted by molar-refractivity contribution is 6.06. The van der Waals surface area contributed by atoms with E-state index in [0.717, 1.165) is 17.8 Å². The predicted molar refractivity (Wildman–Crippen MR) is 159 cm³/mol. The first kappa shape index (κ1) is 23.0. The van der Waals surface area contributed by atoms with Crippen molar-refractivity contribution >= 4 is 22.3 Å². The molecular weight excluding hydrogens is 460 g/mol. The molecule has 0 amide bonds. The van der Waals surface area contributed by atoms with E-state index in [4.69, 9.17) is 4.99 Å². The minimum atomic E-state index is 0.252. The zero-order valence-corrected chi connectivity index (χ0v) is 21.8. The van der Waals surface area contributed by atoms with Gasteiger partial charge in [-0.15, -0.1) is 0 Å². The van der Waals surface area contributed by atoms with Gasteiger partial charge in [-0.1, -0.05) is 97.9 Å². The Balaban J connectivity index is 1.31. The number of rotatable bonds is 4. The van der Waals surface area contributed by atoms with E-state index in [9.17, 15) is 0 Å². The van der Waals surface area contributed by atoms with E-state index in [1.54, 1.807) is 5.56 Å². The van der Waals surface area contributed by atoms with Crippen LogP contribution in [0.15, 0.2) is 120 Å². The highest BCUT2D eigenvalue weighted by Crippen LogP contribution is 2.39. The molecule has 186 valence electrons. The van der Waals surface area contributed by atoms with Gasteiger partial charge in [-0.05, 0) is 72.2 Å². The van der Waals surface area contributed by atoms with E-state index in [1.807, 2.05) is 0 Å². The molecule has 2 heteroatoms. The molecule has 2 aliphatic rings. The van der Waals surface area contributed by atoms with Gasteiger partial charge in [0.15, 0.2) is 0 Å². The fourth-order valence-electron chi connectivity index (χ4n) is 6.48. The highest BCUT2D eigenvalue weighted by atomic mass is 15.0. The van der Waals surface area contributed by atoms with Gasteiger partial charge in [-0.3, -0.25) is 4.99 Å². The van der Waals surface area contributed by atoms with Crippen LogP contribution in [0.25, 0.3) is 22.3 Å². The average Bonchev–Trinajstić information content (AvgIpc) is 3.33. The number of hydrogen-bond acceptors (Lipinski definition) is 1. The Morgan fingerprint density at radius 2 is 1.34 bits per heavy atom. The SMILES string of the molecule is CC1C(c2ccccc2)=NC(c2ccccc2)=CC1c1ccc(-n2c3c(c4ccccc42)CCCC3)cc1. The number of benzene rings is 4. The molecule has 5 aromatic rings. The first-order valence-corrected chi connectivity index (χ1v) is 13.9. The Hall–Kier alpha value is -4.17. The van der Waals surface area contributed by atoms with Gasteiger partial charge in [0.2, 0.25) is 0 Å². The summed E-state index contributed by atoms with van der Waals surface area (Å²) in [6.45, 7) is 2.32. The van der Waals surface area contributed by atoms with Gasteiger partial charge in [-0.25, -0.2) is 0 Å². The third-order valence-electron chi connectivity index (χ3n) is 8.40. The average molecular weight is 493 g/mol. The van der Waals surface area contributed by atoms with Crippen LogP contribution in [0.3, 0.4) is 0 Å². The number of hydrogen-bond donors (Lipinski definition) is 0. The maximum Gasteiger partial charge on any atom is 0.0672 e. The topological polar surface area (TPSA) is 17.3 Å². The molecule has 1 aliphatic heterocycles. The summed E-state index contributed by atoms with van der Waals surface area (Å²) in [6, 6.07) is 39.5. The van der Waals surface area contributed by atoms with Crippen LogP contribution in [-0.4, -0.2) is 10.3 Å². The highest BCUT2D eigenvalue weighted by Gasteiger charge is 2.28. The van der Waals surface area contributed by atoms with Gasteiger partial charge in [0.1, 0.15) is 0 Å². The predicted octanol–water partition coefficient (Wildman–Crippen LogP) is 8.77. The van der Waals surface area contributed by atoms with E-state index in [-0.39, 0.29) is 11.8 Å². The van der Waals surface area contributed by atoms with Crippen molar-refractivity contribution < 1.29 is 0 Å². The molecule has 4 aromatic carbocycles. The standard InChI is InChI=1S/C36H32N2/c1-25-32(24-33(27-12-4-2-5-13-27)37-36(25)28-14-6-3-7-15-28)26-20-22-29(23-21-26)38-34-18-10-8-16-30(34)31-17-9-11-19-35(31)38/h2-8,10,12-16,18,20-25,32H,9,11,17,19H2,1H3. The van der Waals surface area contributed by atoms with Crippen molar-refractivity contribution in [3.63, 3.8) is 0 Å². The molecule has 1 aliphatic carbocycles. The van der Waals surface area contributed by atoms with Gasteiger partial charge in [0.25, 0.3) is 0 Å². The number of aliphatic imine (C=N–C) groups is 1. The van der Waals surface area contributed by atoms with Crippen molar-refractivity contribution in [2.75, 3.05) is 0 Å². The lowest BCUT2D eigenvalue weighted by Gasteiger charge is -2.29. The Bertz CT molecular complexity index is 1650. The van der Waals surface area contributed by atoms with Crippen LogP contribution in [0.1, 0.15) is 53.6 Å². The van der Waals surface area contributed by atoms with Gasteiger partial charge in [0.05, 0.1) is 16.9 Å². The first-order chi connectivity index (χ1) is 18.8. The van der Waals surface area contributed by atoms with Gasteiger partial charge >= 0.3 is 0 Å². The van der Waals surface area contributed by atoms with Gasteiger partial charge in [-0.2, -0.15) is 0 Å². The molecule has 2 unspecified atom stereocenters. The quantitative estimate of drug-likeness (QED) is 0.239. The summed E-state index contributed by atoms with van der Waals surface area (Å²) in [5.41, 5.74) is 11.6. The summed E-state index contributed by atoms with van der Waals surface area (Å²) >= 11 is 0. The maximum atomic E-state index is 5.19.